The summed E-state index contributed by atoms with van der Waals surface area (Å²) in [6.45, 7) is 2.32. The predicted molar refractivity (Wildman–Crippen MR) is 101 cm³/mol. The second-order valence-electron chi connectivity index (χ2n) is 6.10. The van der Waals surface area contributed by atoms with Crippen molar-refractivity contribution in [2.75, 3.05) is 25.5 Å². The van der Waals surface area contributed by atoms with Crippen molar-refractivity contribution in [2.24, 2.45) is 7.05 Å². The lowest BCUT2D eigenvalue weighted by molar-refractivity contribution is -0.147. The first kappa shape index (κ1) is 21.9. The van der Waals surface area contributed by atoms with Crippen LogP contribution in [0.25, 0.3) is 0 Å². The highest BCUT2D eigenvalue weighted by Gasteiger charge is 2.37. The average molecular weight is 417 g/mol. The van der Waals surface area contributed by atoms with Gasteiger partial charge in [-0.1, -0.05) is 19.1 Å². The minimum Gasteiger partial charge on any atom is -0.495 e. The van der Waals surface area contributed by atoms with E-state index >= 15 is 0 Å². The maximum absolute atomic E-state index is 13.0. The number of para-hydroxylation sites is 2. The van der Waals surface area contributed by atoms with E-state index in [2.05, 4.69) is 10.4 Å². The van der Waals surface area contributed by atoms with E-state index in [1.165, 1.54) is 14.2 Å². The van der Waals surface area contributed by atoms with E-state index < -0.39 is 12.0 Å². The largest absolute Gasteiger partial charge is 0.495 e. The van der Waals surface area contributed by atoms with Gasteiger partial charge in [0.05, 0.1) is 26.0 Å². The molecule has 7 nitrogen and oxygen atoms in total. The molecule has 0 fully saturated rings. The maximum atomic E-state index is 13.0. The van der Waals surface area contributed by atoms with Crippen molar-refractivity contribution in [1.82, 2.24) is 19.2 Å². The lowest BCUT2D eigenvalue weighted by Crippen LogP contribution is -2.35. The Balaban J connectivity index is 2.14. The number of alkyl halides is 3. The number of carbonyl (C=O) groups excluding carboxylic acids is 1. The summed E-state index contributed by atoms with van der Waals surface area (Å²) < 4.78 is 46.1. The summed E-state index contributed by atoms with van der Waals surface area (Å²) in [5.74, 6) is -0.886. The SMILES string of the molecule is CCCN(CC(=O)Nc1ccccc1OC)Cn1nc(C(F)(F)F)n(C)c1=S. The van der Waals surface area contributed by atoms with E-state index in [9.17, 15) is 18.0 Å². The number of rotatable bonds is 8. The molecule has 1 N–H and O–H groups in total. The van der Waals surface area contributed by atoms with Crippen LogP contribution in [0.4, 0.5) is 18.9 Å². The zero-order valence-electron chi connectivity index (χ0n) is 15.8. The molecule has 11 heteroatoms. The van der Waals surface area contributed by atoms with Crippen molar-refractivity contribution in [3.63, 3.8) is 0 Å². The summed E-state index contributed by atoms with van der Waals surface area (Å²) in [5, 5.41) is 6.32. The van der Waals surface area contributed by atoms with Gasteiger partial charge in [0.25, 0.3) is 0 Å². The van der Waals surface area contributed by atoms with Crippen molar-refractivity contribution < 1.29 is 22.7 Å². The number of anilines is 1. The molecule has 0 spiro atoms. The molecule has 0 atom stereocenters. The minimum atomic E-state index is -4.61. The molecule has 1 aromatic heterocycles. The number of halogens is 3. The zero-order valence-corrected chi connectivity index (χ0v) is 16.6. The monoisotopic (exact) mass is 417 g/mol. The van der Waals surface area contributed by atoms with E-state index in [1.54, 1.807) is 29.2 Å². The number of ether oxygens (including phenoxy) is 1. The molecule has 28 heavy (non-hydrogen) atoms. The molecule has 0 unspecified atom stereocenters. The molecule has 2 aromatic rings. The highest BCUT2D eigenvalue weighted by molar-refractivity contribution is 7.71. The van der Waals surface area contributed by atoms with Crippen molar-refractivity contribution in [3.8, 4) is 5.75 Å². The molecule has 1 heterocycles. The number of hydrogen-bond acceptors (Lipinski definition) is 5. The van der Waals surface area contributed by atoms with Gasteiger partial charge >= 0.3 is 6.18 Å². The zero-order chi connectivity index (χ0) is 20.9. The van der Waals surface area contributed by atoms with Crippen LogP contribution in [0.2, 0.25) is 0 Å². The first-order chi connectivity index (χ1) is 13.2. The van der Waals surface area contributed by atoms with Crippen LogP contribution in [0.1, 0.15) is 19.2 Å². The van der Waals surface area contributed by atoms with E-state index in [4.69, 9.17) is 17.0 Å². The molecule has 0 aliphatic heterocycles. The number of nitrogens with zero attached hydrogens (tertiary/aromatic N) is 4. The van der Waals surface area contributed by atoms with Crippen LogP contribution in [0, 0.1) is 4.77 Å². The Morgan fingerprint density at radius 2 is 2.04 bits per heavy atom. The lowest BCUT2D eigenvalue weighted by atomic mass is 10.3. The number of benzene rings is 1. The summed E-state index contributed by atoms with van der Waals surface area (Å²) in [6.07, 6.45) is -3.90. The fourth-order valence-corrected chi connectivity index (χ4v) is 2.86. The Hall–Kier alpha value is -2.40. The highest BCUT2D eigenvalue weighted by Crippen LogP contribution is 2.27. The van der Waals surface area contributed by atoms with Gasteiger partial charge in [-0.25, -0.2) is 4.68 Å². The second-order valence-corrected chi connectivity index (χ2v) is 6.47. The smallest absolute Gasteiger partial charge is 0.451 e. The van der Waals surface area contributed by atoms with Gasteiger partial charge in [0.1, 0.15) is 5.75 Å². The van der Waals surface area contributed by atoms with Gasteiger partial charge in [0, 0.05) is 13.6 Å². The number of carbonyl (C=O) groups is 1. The molecular weight excluding hydrogens is 395 g/mol. The van der Waals surface area contributed by atoms with Crippen LogP contribution in [-0.2, 0) is 24.7 Å². The third-order valence-electron chi connectivity index (χ3n) is 3.92. The normalized spacial score (nSPS) is 11.7. The standard InChI is InChI=1S/C17H22F3N5O2S/c1-4-9-24(10-14(26)21-12-7-5-6-8-13(12)27-3)11-25-16(28)23(2)15(22-25)17(18,19)20/h5-8H,4,9-11H2,1-3H3,(H,21,26). The molecule has 1 amide bonds. The van der Waals surface area contributed by atoms with Crippen LogP contribution in [-0.4, -0.2) is 45.4 Å². The molecule has 2 rings (SSSR count). The van der Waals surface area contributed by atoms with Crippen molar-refractivity contribution >= 4 is 23.8 Å². The van der Waals surface area contributed by atoms with Gasteiger partial charge in [-0.15, -0.1) is 5.10 Å². The Labute approximate surface area is 165 Å². The van der Waals surface area contributed by atoms with Crippen LogP contribution < -0.4 is 10.1 Å². The van der Waals surface area contributed by atoms with E-state index in [-0.39, 0.29) is 23.9 Å². The van der Waals surface area contributed by atoms with Crippen LogP contribution in [0.5, 0.6) is 5.75 Å². The topological polar surface area (TPSA) is 64.3 Å². The molecule has 0 bridgehead atoms. The molecule has 154 valence electrons. The third-order valence-corrected chi connectivity index (χ3v) is 4.40. The molecule has 1 aromatic carbocycles. The molecular formula is C17H22F3N5O2S. The third kappa shape index (κ3) is 5.32. The quantitative estimate of drug-likeness (QED) is 0.668. The molecule has 0 radical (unpaired) electrons. The van der Waals surface area contributed by atoms with Gasteiger partial charge < -0.3 is 10.1 Å². The van der Waals surface area contributed by atoms with Crippen LogP contribution in [0.15, 0.2) is 24.3 Å². The van der Waals surface area contributed by atoms with E-state index in [0.29, 0.717) is 24.4 Å². The Morgan fingerprint density at radius 3 is 2.61 bits per heavy atom. The first-order valence-electron chi connectivity index (χ1n) is 8.53. The Kier molecular flexibility index (Phi) is 7.19. The number of amides is 1. The average Bonchev–Trinajstić information content (AvgIpc) is 2.91. The molecule has 0 saturated heterocycles. The second kappa shape index (κ2) is 9.20. The van der Waals surface area contributed by atoms with Crippen molar-refractivity contribution in [3.05, 3.63) is 34.9 Å². The fourth-order valence-electron chi connectivity index (χ4n) is 2.67. The van der Waals surface area contributed by atoms with Crippen LogP contribution in [0.3, 0.4) is 0 Å². The van der Waals surface area contributed by atoms with Crippen LogP contribution >= 0.6 is 12.2 Å². The number of nitrogens with one attached hydrogen (secondary N) is 1. The van der Waals surface area contributed by atoms with Gasteiger partial charge in [0.2, 0.25) is 11.7 Å². The summed E-state index contributed by atoms with van der Waals surface area (Å²) in [4.78, 5) is 14.1. The summed E-state index contributed by atoms with van der Waals surface area (Å²) >= 11 is 5.06. The van der Waals surface area contributed by atoms with Gasteiger partial charge in [-0.2, -0.15) is 13.2 Å². The minimum absolute atomic E-state index is 0.0318. The molecule has 0 aliphatic carbocycles. The van der Waals surface area contributed by atoms with E-state index in [0.717, 1.165) is 9.25 Å². The lowest BCUT2D eigenvalue weighted by Gasteiger charge is -2.21. The number of methoxy groups -OCH3 is 1. The van der Waals surface area contributed by atoms with E-state index in [1.807, 2.05) is 6.92 Å². The Morgan fingerprint density at radius 1 is 1.36 bits per heavy atom. The molecule has 0 aliphatic rings. The highest BCUT2D eigenvalue weighted by atomic mass is 32.1. The van der Waals surface area contributed by atoms with Crippen molar-refractivity contribution in [1.29, 1.82) is 0 Å². The fraction of sp³-hybridized carbons (Fsp3) is 0.471. The summed E-state index contributed by atoms with van der Waals surface area (Å²) in [5.41, 5.74) is 0.514. The Bertz CT molecular complexity index is 878. The summed E-state index contributed by atoms with van der Waals surface area (Å²) in [7, 11) is 2.71. The maximum Gasteiger partial charge on any atom is 0.451 e. The summed E-state index contributed by atoms with van der Waals surface area (Å²) in [6, 6.07) is 6.95. The van der Waals surface area contributed by atoms with Crippen molar-refractivity contribution in [2.45, 2.75) is 26.2 Å². The van der Waals surface area contributed by atoms with Gasteiger partial charge in [-0.3, -0.25) is 14.3 Å². The predicted octanol–water partition coefficient (Wildman–Crippen LogP) is 3.29. The first-order valence-corrected chi connectivity index (χ1v) is 8.94. The number of aromatic nitrogens is 3. The number of hydrogen-bond donors (Lipinski definition) is 1. The van der Waals surface area contributed by atoms with Gasteiger partial charge in [0.15, 0.2) is 4.77 Å². The molecule has 0 saturated carbocycles. The van der Waals surface area contributed by atoms with Gasteiger partial charge in [-0.05, 0) is 30.8 Å².